The lowest BCUT2D eigenvalue weighted by Gasteiger charge is -2.15. The van der Waals surface area contributed by atoms with E-state index >= 15 is 0 Å². The average Bonchev–Trinajstić information content (AvgIpc) is 2.74. The van der Waals surface area contributed by atoms with Crippen molar-refractivity contribution < 1.29 is 9.53 Å². The largest absolute Gasteiger partial charge is 0.445 e. The fourth-order valence-electron chi connectivity index (χ4n) is 1.69. The number of hydrogen-bond acceptors (Lipinski definition) is 2. The molecule has 0 radical (unpaired) electrons. The van der Waals surface area contributed by atoms with Crippen molar-refractivity contribution >= 4 is 28.7 Å². The number of ether oxygens (including phenoxy) is 1. The second-order valence-corrected chi connectivity index (χ2v) is 5.63. The van der Waals surface area contributed by atoms with E-state index < -0.39 is 0 Å². The van der Waals surface area contributed by atoms with Gasteiger partial charge in [0.25, 0.3) is 0 Å². The highest BCUT2D eigenvalue weighted by Gasteiger charge is 2.25. The Hall–Kier alpha value is -0.780. The molecule has 1 aliphatic heterocycles. The molecule has 0 bridgehead atoms. The van der Waals surface area contributed by atoms with Gasteiger partial charge in [-0.3, -0.25) is 0 Å². The number of hydrogen-bond donors (Lipinski definition) is 0. The van der Waals surface area contributed by atoms with Crippen LogP contribution < -0.4 is 0 Å². The summed E-state index contributed by atoms with van der Waals surface area (Å²) in [6, 6.07) is 9.75. The summed E-state index contributed by atoms with van der Waals surface area (Å²) in [5.41, 5.74) is 1.03. The number of amides is 1. The van der Waals surface area contributed by atoms with Crippen molar-refractivity contribution in [2.75, 3.05) is 13.1 Å². The van der Waals surface area contributed by atoms with Crippen molar-refractivity contribution in [2.45, 2.75) is 17.0 Å². The van der Waals surface area contributed by atoms with Crippen LogP contribution in [0.25, 0.3) is 0 Å². The zero-order chi connectivity index (χ0) is 11.4. The molecule has 16 heavy (non-hydrogen) atoms. The predicted molar refractivity (Wildman–Crippen MR) is 70.6 cm³/mol. The number of nitrogens with zero attached hydrogens (tertiary/aromatic N) is 1. The van der Waals surface area contributed by atoms with Gasteiger partial charge in [0.15, 0.2) is 0 Å². The van der Waals surface area contributed by atoms with Gasteiger partial charge in [-0.2, -0.15) is 0 Å². The van der Waals surface area contributed by atoms with Crippen LogP contribution in [0.1, 0.15) is 12.0 Å². The first-order valence-electron chi connectivity index (χ1n) is 5.35. The number of carbonyl (C=O) groups is 1. The van der Waals surface area contributed by atoms with Gasteiger partial charge in [0.1, 0.15) is 6.61 Å². The molecule has 0 saturated carbocycles. The molecule has 1 aromatic rings. The van der Waals surface area contributed by atoms with Gasteiger partial charge >= 0.3 is 6.09 Å². The third kappa shape index (κ3) is 3.10. The number of likely N-dealkylation sites (tertiary alicyclic amines) is 1. The van der Waals surface area contributed by atoms with E-state index in [2.05, 4.69) is 22.6 Å². The maximum atomic E-state index is 11.7. The molecule has 0 aliphatic carbocycles. The molecular formula is C12H14INO2. The standard InChI is InChI=1S/C12H14INO2/c13-11-6-7-14(8-11)12(15)16-9-10-4-2-1-3-5-10/h1-5,11H,6-9H2/t11-/m1/s1. The number of rotatable bonds is 2. The van der Waals surface area contributed by atoms with Crippen LogP contribution in [0.3, 0.4) is 0 Å². The van der Waals surface area contributed by atoms with Gasteiger partial charge in [0.05, 0.1) is 0 Å². The van der Waals surface area contributed by atoms with E-state index in [0.29, 0.717) is 10.5 Å². The van der Waals surface area contributed by atoms with Crippen molar-refractivity contribution in [2.24, 2.45) is 0 Å². The SMILES string of the molecule is O=C(OCc1ccccc1)N1CC[C@@H](I)C1. The van der Waals surface area contributed by atoms with Gasteiger partial charge in [-0.15, -0.1) is 0 Å². The van der Waals surface area contributed by atoms with Crippen LogP contribution in [0.4, 0.5) is 4.79 Å². The number of benzene rings is 1. The number of halogens is 1. The molecule has 1 aromatic carbocycles. The zero-order valence-corrected chi connectivity index (χ0v) is 11.1. The highest BCUT2D eigenvalue weighted by molar-refractivity contribution is 14.1. The lowest BCUT2D eigenvalue weighted by molar-refractivity contribution is 0.104. The van der Waals surface area contributed by atoms with Crippen molar-refractivity contribution in [1.29, 1.82) is 0 Å². The molecule has 3 nitrogen and oxygen atoms in total. The van der Waals surface area contributed by atoms with Crippen molar-refractivity contribution in [3.05, 3.63) is 35.9 Å². The highest BCUT2D eigenvalue weighted by atomic mass is 127. The minimum absolute atomic E-state index is 0.192. The quantitative estimate of drug-likeness (QED) is 0.616. The van der Waals surface area contributed by atoms with Crippen molar-refractivity contribution in [3.63, 3.8) is 0 Å². The van der Waals surface area contributed by atoms with Gasteiger partial charge in [-0.1, -0.05) is 52.9 Å². The smallest absolute Gasteiger partial charge is 0.410 e. The molecule has 2 rings (SSSR count). The molecule has 1 atom stereocenters. The second-order valence-electron chi connectivity index (χ2n) is 3.87. The Morgan fingerprint density at radius 3 is 2.81 bits per heavy atom. The van der Waals surface area contributed by atoms with E-state index in [1.54, 1.807) is 4.90 Å². The minimum atomic E-state index is -0.192. The first-order valence-corrected chi connectivity index (χ1v) is 6.60. The maximum absolute atomic E-state index is 11.7. The Kier molecular flexibility index (Phi) is 4.04. The molecule has 0 N–H and O–H groups in total. The zero-order valence-electron chi connectivity index (χ0n) is 8.93. The third-order valence-electron chi connectivity index (χ3n) is 2.59. The van der Waals surface area contributed by atoms with Crippen molar-refractivity contribution in [3.8, 4) is 0 Å². The lowest BCUT2D eigenvalue weighted by atomic mass is 10.2. The van der Waals surface area contributed by atoms with Crippen LogP contribution in [-0.4, -0.2) is 28.0 Å². The number of carbonyl (C=O) groups excluding carboxylic acids is 1. The Balaban J connectivity index is 1.80. The van der Waals surface area contributed by atoms with Crippen LogP contribution in [0.2, 0.25) is 0 Å². The molecule has 0 aromatic heterocycles. The lowest BCUT2D eigenvalue weighted by Crippen LogP contribution is -2.29. The average molecular weight is 331 g/mol. The first kappa shape index (κ1) is 11.7. The summed E-state index contributed by atoms with van der Waals surface area (Å²) in [7, 11) is 0. The normalized spacial score (nSPS) is 19.8. The molecule has 1 aliphatic rings. The van der Waals surface area contributed by atoms with Gasteiger partial charge in [-0.25, -0.2) is 4.79 Å². The van der Waals surface area contributed by atoms with Gasteiger partial charge < -0.3 is 9.64 Å². The van der Waals surface area contributed by atoms with E-state index in [9.17, 15) is 4.79 Å². The predicted octanol–water partition coefficient (Wildman–Crippen LogP) is 2.83. The molecule has 86 valence electrons. The fraction of sp³-hybridized carbons (Fsp3) is 0.417. The van der Waals surface area contributed by atoms with E-state index in [4.69, 9.17) is 4.74 Å². The van der Waals surface area contributed by atoms with Crippen LogP contribution >= 0.6 is 22.6 Å². The monoisotopic (exact) mass is 331 g/mol. The van der Waals surface area contributed by atoms with E-state index in [0.717, 1.165) is 25.1 Å². The van der Waals surface area contributed by atoms with Crippen LogP contribution in [-0.2, 0) is 11.3 Å². The van der Waals surface area contributed by atoms with Gasteiger partial charge in [-0.05, 0) is 12.0 Å². The molecular weight excluding hydrogens is 317 g/mol. The summed E-state index contributed by atoms with van der Waals surface area (Å²) >= 11 is 2.37. The summed E-state index contributed by atoms with van der Waals surface area (Å²) in [5.74, 6) is 0. The first-order chi connectivity index (χ1) is 7.75. The molecule has 1 fully saturated rings. The third-order valence-corrected chi connectivity index (χ3v) is 3.61. The van der Waals surface area contributed by atoms with E-state index in [1.807, 2.05) is 30.3 Å². The Morgan fingerprint density at radius 1 is 1.44 bits per heavy atom. The number of alkyl halides is 1. The molecule has 0 unspecified atom stereocenters. The molecule has 1 amide bonds. The molecule has 1 heterocycles. The van der Waals surface area contributed by atoms with E-state index in [-0.39, 0.29) is 6.09 Å². The van der Waals surface area contributed by atoms with Crippen molar-refractivity contribution in [1.82, 2.24) is 4.90 Å². The van der Waals surface area contributed by atoms with Crippen LogP contribution in [0, 0.1) is 0 Å². The molecule has 1 saturated heterocycles. The highest BCUT2D eigenvalue weighted by Crippen LogP contribution is 2.18. The minimum Gasteiger partial charge on any atom is -0.445 e. The summed E-state index contributed by atoms with van der Waals surface area (Å²) in [5, 5.41) is 0. The summed E-state index contributed by atoms with van der Waals surface area (Å²) in [4.78, 5) is 13.4. The summed E-state index contributed by atoms with van der Waals surface area (Å²) in [6.45, 7) is 2.00. The Bertz CT molecular complexity index is 355. The fourth-order valence-corrected chi connectivity index (χ4v) is 2.45. The van der Waals surface area contributed by atoms with Gasteiger partial charge in [0.2, 0.25) is 0 Å². The summed E-state index contributed by atoms with van der Waals surface area (Å²) < 4.78 is 5.82. The van der Waals surface area contributed by atoms with Crippen LogP contribution in [0.5, 0.6) is 0 Å². The Labute approximate surface area is 109 Å². The maximum Gasteiger partial charge on any atom is 0.410 e. The Morgan fingerprint density at radius 2 is 2.19 bits per heavy atom. The van der Waals surface area contributed by atoms with Crippen LogP contribution in [0.15, 0.2) is 30.3 Å². The summed E-state index contributed by atoms with van der Waals surface area (Å²) in [6.07, 6.45) is 0.879. The topological polar surface area (TPSA) is 29.5 Å². The molecule has 0 spiro atoms. The second kappa shape index (κ2) is 5.52. The van der Waals surface area contributed by atoms with E-state index in [1.165, 1.54) is 0 Å². The van der Waals surface area contributed by atoms with Gasteiger partial charge in [0, 0.05) is 17.0 Å². The molecule has 4 heteroatoms.